The maximum Gasteiger partial charge on any atom is 0.410 e. The van der Waals surface area contributed by atoms with E-state index in [0.29, 0.717) is 25.4 Å². The maximum absolute atomic E-state index is 12.0. The molecule has 1 aliphatic heterocycles. The Hall–Kier alpha value is -1.74. The molecule has 1 fully saturated rings. The summed E-state index contributed by atoms with van der Waals surface area (Å²) in [6, 6.07) is 0. The number of aliphatic hydroxyl groups is 1. The molecule has 25 heavy (non-hydrogen) atoms. The second kappa shape index (κ2) is 10.3. The van der Waals surface area contributed by atoms with Crippen molar-refractivity contribution in [3.63, 3.8) is 0 Å². The molecule has 6 nitrogen and oxygen atoms in total. The summed E-state index contributed by atoms with van der Waals surface area (Å²) in [4.78, 5) is 24.9. The number of amides is 1. The predicted octanol–water partition coefficient (Wildman–Crippen LogP) is 2.73. The summed E-state index contributed by atoms with van der Waals surface area (Å²) in [5.41, 5.74) is -0.464. The third-order valence-corrected chi connectivity index (χ3v) is 3.97. The Morgan fingerprint density at radius 1 is 1.28 bits per heavy atom. The molecule has 1 heterocycles. The van der Waals surface area contributed by atoms with Crippen molar-refractivity contribution in [1.29, 1.82) is 0 Å². The summed E-state index contributed by atoms with van der Waals surface area (Å²) in [6.07, 6.45) is 3.23. The second-order valence-corrected chi connectivity index (χ2v) is 7.35. The van der Waals surface area contributed by atoms with E-state index in [0.717, 1.165) is 25.7 Å². The Bertz CT molecular complexity index is 492. The SMILES string of the molecule is CCOC(=O)C#CC(O)CCCC1CCN(C(=O)OC(C)(C)C)CC1. The first-order valence-electron chi connectivity index (χ1n) is 9.05. The zero-order valence-corrected chi connectivity index (χ0v) is 15.8. The highest BCUT2D eigenvalue weighted by molar-refractivity contribution is 5.88. The zero-order valence-electron chi connectivity index (χ0n) is 15.8. The Kier molecular flexibility index (Phi) is 8.77. The van der Waals surface area contributed by atoms with Crippen molar-refractivity contribution in [3.05, 3.63) is 0 Å². The molecule has 1 amide bonds. The van der Waals surface area contributed by atoms with E-state index in [-0.39, 0.29) is 12.7 Å². The van der Waals surface area contributed by atoms with E-state index in [1.54, 1.807) is 11.8 Å². The molecule has 1 saturated heterocycles. The molecule has 0 aromatic heterocycles. The Labute approximate surface area is 150 Å². The van der Waals surface area contributed by atoms with Crippen LogP contribution in [0.25, 0.3) is 0 Å². The molecule has 142 valence electrons. The highest BCUT2D eigenvalue weighted by Crippen LogP contribution is 2.24. The summed E-state index contributed by atoms with van der Waals surface area (Å²) in [5.74, 6) is 4.74. The van der Waals surface area contributed by atoms with Crippen LogP contribution in [0.4, 0.5) is 4.79 Å². The van der Waals surface area contributed by atoms with Gasteiger partial charge in [-0.2, -0.15) is 0 Å². The van der Waals surface area contributed by atoms with E-state index < -0.39 is 17.7 Å². The van der Waals surface area contributed by atoms with Gasteiger partial charge in [0.1, 0.15) is 11.7 Å². The molecule has 1 N–H and O–H groups in total. The van der Waals surface area contributed by atoms with Crippen LogP contribution >= 0.6 is 0 Å². The lowest BCUT2D eigenvalue weighted by atomic mass is 9.91. The average molecular weight is 353 g/mol. The van der Waals surface area contributed by atoms with Gasteiger partial charge in [0.2, 0.25) is 0 Å². The lowest BCUT2D eigenvalue weighted by molar-refractivity contribution is -0.136. The van der Waals surface area contributed by atoms with Gasteiger partial charge in [-0.15, -0.1) is 0 Å². The van der Waals surface area contributed by atoms with E-state index in [1.807, 2.05) is 20.8 Å². The fraction of sp³-hybridized carbons (Fsp3) is 0.789. The van der Waals surface area contributed by atoms with Crippen molar-refractivity contribution in [2.75, 3.05) is 19.7 Å². The van der Waals surface area contributed by atoms with Gasteiger partial charge in [0.25, 0.3) is 0 Å². The minimum Gasteiger partial charge on any atom is -0.456 e. The molecular weight excluding hydrogens is 322 g/mol. The number of likely N-dealkylation sites (tertiary alicyclic amines) is 1. The van der Waals surface area contributed by atoms with Crippen LogP contribution in [0, 0.1) is 17.8 Å². The smallest absolute Gasteiger partial charge is 0.410 e. The molecule has 1 aliphatic rings. The molecule has 0 aromatic carbocycles. The van der Waals surface area contributed by atoms with Gasteiger partial charge in [-0.1, -0.05) is 12.3 Å². The number of rotatable bonds is 5. The van der Waals surface area contributed by atoms with Gasteiger partial charge in [0.05, 0.1) is 6.61 Å². The first-order chi connectivity index (χ1) is 11.7. The molecule has 0 bridgehead atoms. The van der Waals surface area contributed by atoms with Crippen LogP contribution in [0.1, 0.15) is 59.8 Å². The van der Waals surface area contributed by atoms with Crippen molar-refractivity contribution in [2.24, 2.45) is 5.92 Å². The summed E-state index contributed by atoms with van der Waals surface area (Å²) < 4.78 is 10.1. The monoisotopic (exact) mass is 353 g/mol. The van der Waals surface area contributed by atoms with Crippen LogP contribution in [-0.2, 0) is 14.3 Å². The molecule has 0 aromatic rings. The minimum atomic E-state index is -0.800. The Morgan fingerprint density at radius 3 is 2.48 bits per heavy atom. The zero-order chi connectivity index (χ0) is 18.9. The lowest BCUT2D eigenvalue weighted by Gasteiger charge is -2.33. The van der Waals surface area contributed by atoms with Crippen molar-refractivity contribution < 1.29 is 24.2 Å². The number of hydrogen-bond donors (Lipinski definition) is 1. The molecular formula is C19H31NO5. The van der Waals surface area contributed by atoms with E-state index in [1.165, 1.54) is 0 Å². The summed E-state index contributed by atoms with van der Waals surface area (Å²) >= 11 is 0. The van der Waals surface area contributed by atoms with Crippen molar-refractivity contribution >= 4 is 12.1 Å². The minimum absolute atomic E-state index is 0.240. The van der Waals surface area contributed by atoms with Crippen LogP contribution in [0.5, 0.6) is 0 Å². The summed E-state index contributed by atoms with van der Waals surface area (Å²) in [7, 11) is 0. The number of carbonyl (C=O) groups is 2. The van der Waals surface area contributed by atoms with Crippen molar-refractivity contribution in [1.82, 2.24) is 4.90 Å². The largest absolute Gasteiger partial charge is 0.456 e. The fourth-order valence-corrected chi connectivity index (χ4v) is 2.71. The normalized spacial score (nSPS) is 16.6. The number of carbonyl (C=O) groups excluding carboxylic acids is 2. The van der Waals surface area contributed by atoms with Gasteiger partial charge in [-0.3, -0.25) is 0 Å². The van der Waals surface area contributed by atoms with Gasteiger partial charge >= 0.3 is 12.1 Å². The van der Waals surface area contributed by atoms with E-state index >= 15 is 0 Å². The van der Waals surface area contributed by atoms with Crippen LogP contribution < -0.4 is 0 Å². The predicted molar refractivity (Wildman–Crippen MR) is 94.8 cm³/mol. The number of ether oxygens (including phenoxy) is 2. The fourth-order valence-electron chi connectivity index (χ4n) is 2.71. The first-order valence-corrected chi connectivity index (χ1v) is 9.05. The van der Waals surface area contributed by atoms with Crippen LogP contribution in [0.15, 0.2) is 0 Å². The first kappa shape index (κ1) is 21.3. The van der Waals surface area contributed by atoms with Gasteiger partial charge in [-0.25, -0.2) is 9.59 Å². The van der Waals surface area contributed by atoms with Crippen molar-refractivity contribution in [2.45, 2.75) is 71.5 Å². The second-order valence-electron chi connectivity index (χ2n) is 7.35. The van der Waals surface area contributed by atoms with Gasteiger partial charge < -0.3 is 19.5 Å². The number of nitrogens with zero attached hydrogens (tertiary/aromatic N) is 1. The lowest BCUT2D eigenvalue weighted by Crippen LogP contribution is -2.41. The highest BCUT2D eigenvalue weighted by atomic mass is 16.6. The number of hydrogen-bond acceptors (Lipinski definition) is 5. The average Bonchev–Trinajstić information content (AvgIpc) is 2.52. The topological polar surface area (TPSA) is 76.1 Å². The number of esters is 1. The molecule has 6 heteroatoms. The Morgan fingerprint density at radius 2 is 1.92 bits per heavy atom. The molecule has 0 spiro atoms. The Balaban J connectivity index is 2.22. The maximum atomic E-state index is 12.0. The molecule has 0 saturated carbocycles. The molecule has 1 atom stereocenters. The number of aliphatic hydroxyl groups excluding tert-OH is 1. The molecule has 1 rings (SSSR count). The van der Waals surface area contributed by atoms with E-state index in [4.69, 9.17) is 4.74 Å². The summed E-state index contributed by atoms with van der Waals surface area (Å²) in [6.45, 7) is 9.03. The summed E-state index contributed by atoms with van der Waals surface area (Å²) in [5, 5.41) is 9.77. The number of piperidine rings is 1. The van der Waals surface area contributed by atoms with Crippen LogP contribution in [0.2, 0.25) is 0 Å². The molecule has 0 radical (unpaired) electrons. The quantitative estimate of drug-likeness (QED) is 0.467. The standard InChI is InChI=1S/C19H31NO5/c1-5-24-17(22)10-9-16(21)8-6-7-15-11-13-20(14-12-15)18(23)25-19(2,3)4/h15-16,21H,5-8,11-14H2,1-4H3. The van der Waals surface area contributed by atoms with Crippen molar-refractivity contribution in [3.8, 4) is 11.8 Å². The van der Waals surface area contributed by atoms with Gasteiger partial charge in [0, 0.05) is 19.0 Å². The third-order valence-electron chi connectivity index (χ3n) is 3.97. The third kappa shape index (κ3) is 9.35. The molecule has 1 unspecified atom stereocenters. The van der Waals surface area contributed by atoms with Gasteiger partial charge in [0.15, 0.2) is 0 Å². The highest BCUT2D eigenvalue weighted by Gasteiger charge is 2.26. The molecule has 0 aliphatic carbocycles. The van der Waals surface area contributed by atoms with E-state index in [2.05, 4.69) is 16.6 Å². The van der Waals surface area contributed by atoms with E-state index in [9.17, 15) is 14.7 Å². The van der Waals surface area contributed by atoms with Crippen LogP contribution in [0.3, 0.4) is 0 Å². The van der Waals surface area contributed by atoms with Crippen LogP contribution in [-0.4, -0.2) is 53.5 Å². The van der Waals surface area contributed by atoms with Gasteiger partial charge in [-0.05, 0) is 59.3 Å².